The third-order valence-corrected chi connectivity index (χ3v) is 3.64. The van der Waals surface area contributed by atoms with Gasteiger partial charge in [-0.2, -0.15) is 0 Å². The SMILES string of the molecule is O=C(Nc1ccccc1Br)c1cc(NC2CC2)ncn1. The lowest BCUT2D eigenvalue weighted by molar-refractivity contribution is 0.102. The summed E-state index contributed by atoms with van der Waals surface area (Å²) in [5.41, 5.74) is 1.06. The summed E-state index contributed by atoms with van der Waals surface area (Å²) in [5.74, 6) is 0.443. The third kappa shape index (κ3) is 3.14. The highest BCUT2D eigenvalue weighted by atomic mass is 79.9. The lowest BCUT2D eigenvalue weighted by atomic mass is 10.3. The molecule has 6 heteroatoms. The second kappa shape index (κ2) is 5.58. The van der Waals surface area contributed by atoms with E-state index < -0.39 is 0 Å². The summed E-state index contributed by atoms with van der Waals surface area (Å²) >= 11 is 3.39. The van der Waals surface area contributed by atoms with Crippen LogP contribution in [0.4, 0.5) is 11.5 Å². The molecule has 1 saturated carbocycles. The number of hydrogen-bond donors (Lipinski definition) is 2. The standard InChI is InChI=1S/C14H13BrN4O/c15-10-3-1-2-4-11(10)19-14(20)12-7-13(17-8-16-12)18-9-5-6-9/h1-4,7-9H,5-6H2,(H,19,20)(H,16,17,18). The number of carbonyl (C=O) groups is 1. The molecule has 1 fully saturated rings. The number of carbonyl (C=O) groups excluding carboxylic acids is 1. The van der Waals surface area contributed by atoms with Crippen LogP contribution in [0.2, 0.25) is 0 Å². The Morgan fingerprint density at radius 2 is 2.05 bits per heavy atom. The van der Waals surface area contributed by atoms with Crippen molar-refractivity contribution in [3.8, 4) is 0 Å². The van der Waals surface area contributed by atoms with Crippen LogP contribution in [-0.2, 0) is 0 Å². The van der Waals surface area contributed by atoms with Gasteiger partial charge in [-0.3, -0.25) is 4.79 Å². The van der Waals surface area contributed by atoms with Crippen molar-refractivity contribution in [2.75, 3.05) is 10.6 Å². The summed E-state index contributed by atoms with van der Waals surface area (Å²) in [4.78, 5) is 20.3. The summed E-state index contributed by atoms with van der Waals surface area (Å²) in [6.45, 7) is 0. The van der Waals surface area contributed by atoms with Gasteiger partial charge in [0.1, 0.15) is 17.8 Å². The number of benzene rings is 1. The van der Waals surface area contributed by atoms with Crippen molar-refractivity contribution < 1.29 is 4.79 Å². The van der Waals surface area contributed by atoms with Crippen molar-refractivity contribution in [3.05, 3.63) is 46.8 Å². The summed E-state index contributed by atoms with van der Waals surface area (Å²) in [6, 6.07) is 9.61. The Bertz CT molecular complexity index is 643. The average molecular weight is 333 g/mol. The zero-order valence-corrected chi connectivity index (χ0v) is 12.2. The van der Waals surface area contributed by atoms with Crippen LogP contribution in [0.15, 0.2) is 41.1 Å². The van der Waals surface area contributed by atoms with E-state index >= 15 is 0 Å². The molecule has 0 bridgehead atoms. The molecule has 0 radical (unpaired) electrons. The van der Waals surface area contributed by atoms with Gasteiger partial charge < -0.3 is 10.6 Å². The lowest BCUT2D eigenvalue weighted by Crippen LogP contribution is -2.15. The molecule has 20 heavy (non-hydrogen) atoms. The van der Waals surface area contributed by atoms with E-state index in [1.807, 2.05) is 24.3 Å². The first-order valence-corrected chi connectivity index (χ1v) is 7.16. The predicted molar refractivity (Wildman–Crippen MR) is 80.8 cm³/mol. The van der Waals surface area contributed by atoms with Crippen LogP contribution >= 0.6 is 15.9 Å². The van der Waals surface area contributed by atoms with Crippen LogP contribution in [0.5, 0.6) is 0 Å². The Morgan fingerprint density at radius 3 is 2.80 bits per heavy atom. The molecule has 0 atom stereocenters. The van der Waals surface area contributed by atoms with Crippen LogP contribution in [0, 0.1) is 0 Å². The molecule has 0 unspecified atom stereocenters. The molecule has 102 valence electrons. The maximum Gasteiger partial charge on any atom is 0.274 e. The molecule has 2 N–H and O–H groups in total. The molecule has 0 spiro atoms. The van der Waals surface area contributed by atoms with E-state index in [1.54, 1.807) is 6.07 Å². The summed E-state index contributed by atoms with van der Waals surface area (Å²) < 4.78 is 0.832. The Morgan fingerprint density at radius 1 is 1.25 bits per heavy atom. The lowest BCUT2D eigenvalue weighted by Gasteiger charge is -2.08. The number of hydrogen-bond acceptors (Lipinski definition) is 4. The second-order valence-electron chi connectivity index (χ2n) is 4.64. The zero-order valence-electron chi connectivity index (χ0n) is 10.6. The highest BCUT2D eigenvalue weighted by Gasteiger charge is 2.21. The highest BCUT2D eigenvalue weighted by molar-refractivity contribution is 9.10. The Kier molecular flexibility index (Phi) is 3.64. The van der Waals surface area contributed by atoms with Gasteiger partial charge >= 0.3 is 0 Å². The Hall–Kier alpha value is -1.95. The van der Waals surface area contributed by atoms with Gasteiger partial charge in [-0.05, 0) is 40.9 Å². The van der Waals surface area contributed by atoms with Crippen LogP contribution in [0.1, 0.15) is 23.3 Å². The van der Waals surface area contributed by atoms with Crippen molar-refractivity contribution in [2.24, 2.45) is 0 Å². The van der Waals surface area contributed by atoms with E-state index in [9.17, 15) is 4.79 Å². The second-order valence-corrected chi connectivity index (χ2v) is 5.50. The number of rotatable bonds is 4. The Labute approximate surface area is 125 Å². The third-order valence-electron chi connectivity index (χ3n) is 2.95. The van der Waals surface area contributed by atoms with Crippen molar-refractivity contribution >= 4 is 33.3 Å². The topological polar surface area (TPSA) is 66.9 Å². The average Bonchev–Trinajstić information content (AvgIpc) is 3.25. The molecule has 3 rings (SSSR count). The zero-order chi connectivity index (χ0) is 13.9. The molecule has 5 nitrogen and oxygen atoms in total. The highest BCUT2D eigenvalue weighted by Crippen LogP contribution is 2.24. The van der Waals surface area contributed by atoms with Crippen LogP contribution in [0.25, 0.3) is 0 Å². The van der Waals surface area contributed by atoms with Gasteiger partial charge in [0.15, 0.2) is 0 Å². The van der Waals surface area contributed by atoms with Crippen LogP contribution in [0.3, 0.4) is 0 Å². The van der Waals surface area contributed by atoms with E-state index in [0.717, 1.165) is 17.3 Å². The van der Waals surface area contributed by atoms with Crippen molar-refractivity contribution in [3.63, 3.8) is 0 Å². The number of amides is 1. The van der Waals surface area contributed by atoms with Gasteiger partial charge in [-0.15, -0.1) is 0 Å². The molecule has 1 heterocycles. The minimum Gasteiger partial charge on any atom is -0.367 e. The minimum absolute atomic E-state index is 0.252. The van der Waals surface area contributed by atoms with Gasteiger partial charge in [0.25, 0.3) is 5.91 Å². The molecule has 1 aromatic carbocycles. The largest absolute Gasteiger partial charge is 0.367 e. The fourth-order valence-corrected chi connectivity index (χ4v) is 2.13. The first-order chi connectivity index (χ1) is 9.72. The first-order valence-electron chi connectivity index (χ1n) is 6.37. The smallest absolute Gasteiger partial charge is 0.274 e. The van der Waals surface area contributed by atoms with E-state index in [1.165, 1.54) is 6.33 Å². The van der Waals surface area contributed by atoms with Crippen molar-refractivity contribution in [2.45, 2.75) is 18.9 Å². The molecule has 1 amide bonds. The number of nitrogens with zero attached hydrogens (tertiary/aromatic N) is 2. The van der Waals surface area contributed by atoms with Gasteiger partial charge in [-0.25, -0.2) is 9.97 Å². The number of para-hydroxylation sites is 1. The minimum atomic E-state index is -0.252. The summed E-state index contributed by atoms with van der Waals surface area (Å²) in [5, 5.41) is 6.06. The van der Waals surface area contributed by atoms with Crippen molar-refractivity contribution in [1.82, 2.24) is 9.97 Å². The number of nitrogens with one attached hydrogen (secondary N) is 2. The predicted octanol–water partition coefficient (Wildman–Crippen LogP) is 3.07. The van der Waals surface area contributed by atoms with Gasteiger partial charge in [-0.1, -0.05) is 12.1 Å². The van der Waals surface area contributed by atoms with E-state index in [4.69, 9.17) is 0 Å². The summed E-state index contributed by atoms with van der Waals surface area (Å²) in [7, 11) is 0. The number of anilines is 2. The van der Waals surface area contributed by atoms with Crippen LogP contribution in [-0.4, -0.2) is 21.9 Å². The number of halogens is 1. The fourth-order valence-electron chi connectivity index (χ4n) is 1.75. The van der Waals surface area contributed by atoms with Crippen LogP contribution < -0.4 is 10.6 Å². The maximum absolute atomic E-state index is 12.2. The van der Waals surface area contributed by atoms with E-state index in [0.29, 0.717) is 23.2 Å². The fraction of sp³-hybridized carbons (Fsp3) is 0.214. The van der Waals surface area contributed by atoms with Gasteiger partial charge in [0.05, 0.1) is 5.69 Å². The molecule has 0 saturated heterocycles. The Balaban J connectivity index is 1.74. The maximum atomic E-state index is 12.2. The molecular weight excluding hydrogens is 320 g/mol. The van der Waals surface area contributed by atoms with Gasteiger partial charge in [0, 0.05) is 16.6 Å². The number of aromatic nitrogens is 2. The van der Waals surface area contributed by atoms with Crippen molar-refractivity contribution in [1.29, 1.82) is 0 Å². The monoisotopic (exact) mass is 332 g/mol. The molecule has 1 aromatic heterocycles. The molecular formula is C14H13BrN4O. The molecule has 0 aliphatic heterocycles. The van der Waals surface area contributed by atoms with E-state index in [2.05, 4.69) is 36.5 Å². The first kappa shape index (κ1) is 13.1. The van der Waals surface area contributed by atoms with E-state index in [-0.39, 0.29) is 5.91 Å². The molecule has 1 aliphatic carbocycles. The van der Waals surface area contributed by atoms with Gasteiger partial charge in [0.2, 0.25) is 0 Å². The summed E-state index contributed by atoms with van der Waals surface area (Å²) in [6.07, 6.45) is 3.71. The normalized spacial score (nSPS) is 13.8. The molecule has 1 aliphatic rings. The quantitative estimate of drug-likeness (QED) is 0.902. The molecule has 2 aromatic rings.